The van der Waals surface area contributed by atoms with E-state index in [9.17, 15) is 10.1 Å². The van der Waals surface area contributed by atoms with Crippen LogP contribution in [0.3, 0.4) is 0 Å². The van der Waals surface area contributed by atoms with Crippen molar-refractivity contribution in [3.8, 4) is 23.1 Å². The predicted octanol–water partition coefficient (Wildman–Crippen LogP) is 4.36. The fourth-order valence-corrected chi connectivity index (χ4v) is 3.62. The first-order valence-electron chi connectivity index (χ1n) is 10.6. The van der Waals surface area contributed by atoms with E-state index >= 15 is 0 Å². The lowest BCUT2D eigenvalue weighted by Gasteiger charge is -2.33. The van der Waals surface area contributed by atoms with Gasteiger partial charge in [-0.2, -0.15) is 10.4 Å². The van der Waals surface area contributed by atoms with Crippen molar-refractivity contribution >= 4 is 11.9 Å². The van der Waals surface area contributed by atoms with Gasteiger partial charge in [0.1, 0.15) is 34.5 Å². The molecule has 1 saturated heterocycles. The molecule has 3 rings (SSSR count). The van der Waals surface area contributed by atoms with Crippen LogP contribution in [0.4, 0.5) is 10.6 Å². The maximum Gasteiger partial charge on any atom is 0.410 e. The molecular weight excluding hydrogens is 394 g/mol. The van der Waals surface area contributed by atoms with Gasteiger partial charge in [-0.05, 0) is 71.7 Å². The van der Waals surface area contributed by atoms with Crippen LogP contribution in [0.2, 0.25) is 0 Å². The molecule has 2 N–H and O–H groups in total. The molecule has 8 heteroatoms. The fraction of sp³-hybridized carbons (Fsp3) is 0.522. The highest BCUT2D eigenvalue weighted by molar-refractivity contribution is 5.73. The third-order valence-electron chi connectivity index (χ3n) is 5.02. The summed E-state index contributed by atoms with van der Waals surface area (Å²) in [6.07, 6.45) is 1.16. The van der Waals surface area contributed by atoms with Crippen LogP contribution in [0.15, 0.2) is 24.3 Å². The number of piperidine rings is 1. The van der Waals surface area contributed by atoms with Gasteiger partial charge in [0, 0.05) is 18.7 Å². The van der Waals surface area contributed by atoms with Crippen molar-refractivity contribution in [3.63, 3.8) is 0 Å². The van der Waals surface area contributed by atoms with Crippen LogP contribution in [0, 0.1) is 11.3 Å². The van der Waals surface area contributed by atoms with Crippen molar-refractivity contribution < 1.29 is 14.3 Å². The van der Waals surface area contributed by atoms with E-state index in [4.69, 9.17) is 15.2 Å². The Balaban J connectivity index is 1.76. The number of nitrogens with two attached hydrogens (primary N) is 1. The first kappa shape index (κ1) is 22.5. The van der Waals surface area contributed by atoms with Crippen LogP contribution in [0.1, 0.15) is 59.1 Å². The van der Waals surface area contributed by atoms with Crippen LogP contribution in [-0.4, -0.2) is 45.6 Å². The van der Waals surface area contributed by atoms with Crippen LogP contribution in [0.5, 0.6) is 5.75 Å². The van der Waals surface area contributed by atoms with E-state index in [0.29, 0.717) is 43.0 Å². The van der Waals surface area contributed by atoms with Crippen LogP contribution in [0.25, 0.3) is 11.3 Å². The number of hydrogen-bond acceptors (Lipinski definition) is 6. The third kappa shape index (κ3) is 5.29. The molecule has 1 aliphatic rings. The molecule has 1 aromatic heterocycles. The van der Waals surface area contributed by atoms with Gasteiger partial charge in [0.2, 0.25) is 0 Å². The SMILES string of the molecule is CC(C)Oc1ccc(-c2nn(C3CCN(C(=O)OC(C)(C)C)CC3)c(N)c2C#N)cc1. The summed E-state index contributed by atoms with van der Waals surface area (Å²) in [7, 11) is 0. The summed E-state index contributed by atoms with van der Waals surface area (Å²) in [5.41, 5.74) is 7.52. The van der Waals surface area contributed by atoms with E-state index in [1.165, 1.54) is 0 Å². The Morgan fingerprint density at radius 3 is 2.35 bits per heavy atom. The summed E-state index contributed by atoms with van der Waals surface area (Å²) in [6, 6.07) is 9.72. The number of nitrogens with zero attached hydrogens (tertiary/aromatic N) is 4. The summed E-state index contributed by atoms with van der Waals surface area (Å²) < 4.78 is 12.9. The Morgan fingerprint density at radius 2 is 1.84 bits per heavy atom. The zero-order valence-corrected chi connectivity index (χ0v) is 18.9. The first-order chi connectivity index (χ1) is 14.6. The van der Waals surface area contributed by atoms with Crippen molar-refractivity contribution in [2.75, 3.05) is 18.8 Å². The number of hydrogen-bond donors (Lipinski definition) is 1. The van der Waals surface area contributed by atoms with E-state index in [0.717, 1.165) is 11.3 Å². The van der Waals surface area contributed by atoms with Gasteiger partial charge >= 0.3 is 6.09 Å². The van der Waals surface area contributed by atoms with E-state index in [-0.39, 0.29) is 18.2 Å². The van der Waals surface area contributed by atoms with E-state index < -0.39 is 5.60 Å². The van der Waals surface area contributed by atoms with Crippen LogP contribution in [-0.2, 0) is 4.74 Å². The highest BCUT2D eigenvalue weighted by Crippen LogP contribution is 2.33. The minimum Gasteiger partial charge on any atom is -0.491 e. The number of likely N-dealkylation sites (tertiary alicyclic amines) is 1. The van der Waals surface area contributed by atoms with Gasteiger partial charge < -0.3 is 20.1 Å². The number of amides is 1. The van der Waals surface area contributed by atoms with Crippen LogP contribution < -0.4 is 10.5 Å². The van der Waals surface area contributed by atoms with Gasteiger partial charge in [-0.15, -0.1) is 0 Å². The third-order valence-corrected chi connectivity index (χ3v) is 5.02. The van der Waals surface area contributed by atoms with Crippen LogP contribution >= 0.6 is 0 Å². The Labute approximate surface area is 183 Å². The molecule has 0 radical (unpaired) electrons. The molecule has 166 valence electrons. The summed E-state index contributed by atoms with van der Waals surface area (Å²) in [5.74, 6) is 1.12. The average molecular weight is 426 g/mol. The molecule has 0 bridgehead atoms. The number of benzene rings is 1. The van der Waals surface area contributed by atoms with Crippen molar-refractivity contribution in [2.24, 2.45) is 0 Å². The summed E-state index contributed by atoms with van der Waals surface area (Å²) >= 11 is 0. The van der Waals surface area contributed by atoms with E-state index in [1.807, 2.05) is 58.9 Å². The molecule has 1 aromatic carbocycles. The molecule has 0 saturated carbocycles. The normalized spacial score (nSPS) is 15.1. The number of aromatic nitrogens is 2. The Hall–Kier alpha value is -3.21. The molecule has 0 aliphatic carbocycles. The number of rotatable bonds is 4. The second-order valence-electron chi connectivity index (χ2n) is 9.05. The molecule has 0 spiro atoms. The Morgan fingerprint density at radius 1 is 1.23 bits per heavy atom. The zero-order valence-electron chi connectivity index (χ0n) is 18.9. The minimum absolute atomic E-state index is 0.0167. The lowest BCUT2D eigenvalue weighted by atomic mass is 10.1. The molecule has 0 unspecified atom stereocenters. The highest BCUT2D eigenvalue weighted by atomic mass is 16.6. The standard InChI is InChI=1S/C23H31N5O3/c1-15(2)30-18-8-6-16(7-9-18)20-19(14-24)21(25)28(26-20)17-10-12-27(13-11-17)22(29)31-23(3,4)5/h6-9,15,17H,10-13,25H2,1-5H3. The zero-order chi connectivity index (χ0) is 22.8. The maximum absolute atomic E-state index is 12.3. The van der Waals surface area contributed by atoms with Gasteiger partial charge in [0.05, 0.1) is 12.1 Å². The highest BCUT2D eigenvalue weighted by Gasteiger charge is 2.30. The molecule has 1 amide bonds. The molecule has 2 aromatic rings. The molecule has 8 nitrogen and oxygen atoms in total. The molecule has 1 fully saturated rings. The van der Waals surface area contributed by atoms with Gasteiger partial charge in [-0.1, -0.05) is 0 Å². The Bertz CT molecular complexity index is 959. The first-order valence-corrected chi connectivity index (χ1v) is 10.6. The smallest absolute Gasteiger partial charge is 0.410 e. The topological polar surface area (TPSA) is 106 Å². The van der Waals surface area contributed by atoms with Crippen molar-refractivity contribution in [1.29, 1.82) is 5.26 Å². The number of nitriles is 1. The second kappa shape index (κ2) is 8.88. The Kier molecular flexibility index (Phi) is 6.44. The minimum atomic E-state index is -0.521. The molecule has 2 heterocycles. The van der Waals surface area contributed by atoms with Crippen molar-refractivity contribution in [3.05, 3.63) is 29.8 Å². The number of carbonyl (C=O) groups is 1. The predicted molar refractivity (Wildman–Crippen MR) is 119 cm³/mol. The van der Waals surface area contributed by atoms with E-state index in [2.05, 4.69) is 11.2 Å². The van der Waals surface area contributed by atoms with Crippen molar-refractivity contribution in [2.45, 2.75) is 65.2 Å². The van der Waals surface area contributed by atoms with Crippen molar-refractivity contribution in [1.82, 2.24) is 14.7 Å². The molecule has 1 aliphatic heterocycles. The fourth-order valence-electron chi connectivity index (χ4n) is 3.62. The number of nitrogen functional groups attached to an aromatic ring is 1. The number of carbonyl (C=O) groups excluding carboxylic acids is 1. The van der Waals surface area contributed by atoms with Gasteiger partial charge in [0.15, 0.2) is 0 Å². The largest absolute Gasteiger partial charge is 0.491 e. The molecule has 0 atom stereocenters. The van der Waals surface area contributed by atoms with Gasteiger partial charge in [-0.25, -0.2) is 9.48 Å². The van der Waals surface area contributed by atoms with E-state index in [1.54, 1.807) is 9.58 Å². The average Bonchev–Trinajstić information content (AvgIpc) is 3.03. The van der Waals surface area contributed by atoms with Gasteiger partial charge in [-0.3, -0.25) is 0 Å². The summed E-state index contributed by atoms with van der Waals surface area (Å²) in [6.45, 7) is 10.6. The lowest BCUT2D eigenvalue weighted by Crippen LogP contribution is -2.42. The maximum atomic E-state index is 12.3. The monoisotopic (exact) mass is 425 g/mol. The molecule has 31 heavy (non-hydrogen) atoms. The number of ether oxygens (including phenoxy) is 2. The summed E-state index contributed by atoms with van der Waals surface area (Å²) in [4.78, 5) is 14.0. The summed E-state index contributed by atoms with van der Waals surface area (Å²) in [5, 5.41) is 14.4. The van der Waals surface area contributed by atoms with Gasteiger partial charge in [0.25, 0.3) is 0 Å². The lowest BCUT2D eigenvalue weighted by molar-refractivity contribution is 0.0185. The quantitative estimate of drug-likeness (QED) is 0.780. The second-order valence-corrected chi connectivity index (χ2v) is 9.05. The number of anilines is 1. The molecular formula is C23H31N5O3.